The summed E-state index contributed by atoms with van der Waals surface area (Å²) in [5.74, 6) is -0.323. The Morgan fingerprint density at radius 1 is 1.10 bits per heavy atom. The Kier molecular flexibility index (Phi) is 5.32. The van der Waals surface area contributed by atoms with Crippen LogP contribution in [-0.4, -0.2) is 19.0 Å². The van der Waals surface area contributed by atoms with Gasteiger partial charge in [0.2, 0.25) is 5.91 Å². The number of nitrogens with zero attached hydrogens (tertiary/aromatic N) is 1. The molecule has 0 fully saturated rings. The summed E-state index contributed by atoms with van der Waals surface area (Å²) in [6, 6.07) is 15.9. The lowest BCUT2D eigenvalue weighted by Crippen LogP contribution is -2.36. The summed E-state index contributed by atoms with van der Waals surface area (Å²) in [6.07, 6.45) is 0. The van der Waals surface area contributed by atoms with Crippen molar-refractivity contribution in [1.82, 2.24) is 5.32 Å². The molecule has 0 saturated carbocycles. The molecule has 0 aromatic heterocycles. The SMILES string of the molecule is CCN(CC(=O)NCc1ccc(F)cc1)c1ccccc1. The maximum atomic E-state index is 12.8. The fourth-order valence-corrected chi connectivity index (χ4v) is 2.06. The van der Waals surface area contributed by atoms with Gasteiger partial charge in [0.1, 0.15) is 5.82 Å². The second kappa shape index (κ2) is 7.43. The number of likely N-dealkylation sites (N-methyl/N-ethyl adjacent to an activating group) is 1. The van der Waals surface area contributed by atoms with Crippen molar-refractivity contribution in [3.8, 4) is 0 Å². The third-order valence-electron chi connectivity index (χ3n) is 3.24. The first-order chi connectivity index (χ1) is 10.2. The zero-order chi connectivity index (χ0) is 15.1. The zero-order valence-corrected chi connectivity index (χ0v) is 12.1. The molecule has 110 valence electrons. The number of hydrogen-bond donors (Lipinski definition) is 1. The molecule has 0 aliphatic carbocycles. The van der Waals surface area contributed by atoms with Gasteiger partial charge in [0.05, 0.1) is 6.54 Å². The van der Waals surface area contributed by atoms with Gasteiger partial charge in [0.15, 0.2) is 0 Å². The summed E-state index contributed by atoms with van der Waals surface area (Å²) >= 11 is 0. The smallest absolute Gasteiger partial charge is 0.239 e. The number of halogens is 1. The van der Waals surface area contributed by atoms with E-state index >= 15 is 0 Å². The van der Waals surface area contributed by atoms with Crippen LogP contribution >= 0.6 is 0 Å². The van der Waals surface area contributed by atoms with Crippen LogP contribution in [0.3, 0.4) is 0 Å². The molecule has 0 aliphatic heterocycles. The minimum atomic E-state index is -0.272. The number of benzene rings is 2. The molecule has 2 rings (SSSR count). The fourth-order valence-electron chi connectivity index (χ4n) is 2.06. The molecule has 3 nitrogen and oxygen atoms in total. The van der Waals surface area contributed by atoms with Gasteiger partial charge in [0, 0.05) is 18.8 Å². The van der Waals surface area contributed by atoms with Crippen molar-refractivity contribution in [2.45, 2.75) is 13.5 Å². The molecule has 0 spiro atoms. The van der Waals surface area contributed by atoms with Gasteiger partial charge in [-0.05, 0) is 36.8 Å². The topological polar surface area (TPSA) is 32.3 Å². The van der Waals surface area contributed by atoms with Gasteiger partial charge in [-0.15, -0.1) is 0 Å². The van der Waals surface area contributed by atoms with Crippen LogP contribution in [-0.2, 0) is 11.3 Å². The van der Waals surface area contributed by atoms with E-state index < -0.39 is 0 Å². The Balaban J connectivity index is 1.87. The monoisotopic (exact) mass is 286 g/mol. The minimum absolute atomic E-state index is 0.0509. The van der Waals surface area contributed by atoms with E-state index in [1.807, 2.05) is 42.2 Å². The summed E-state index contributed by atoms with van der Waals surface area (Å²) < 4.78 is 12.8. The van der Waals surface area contributed by atoms with Crippen LogP contribution in [0.4, 0.5) is 10.1 Å². The standard InChI is InChI=1S/C17H19FN2O/c1-2-20(16-6-4-3-5-7-16)13-17(21)19-12-14-8-10-15(18)11-9-14/h3-11H,2,12-13H2,1H3,(H,19,21). The van der Waals surface area contributed by atoms with Gasteiger partial charge >= 0.3 is 0 Å². The quantitative estimate of drug-likeness (QED) is 0.885. The van der Waals surface area contributed by atoms with E-state index in [-0.39, 0.29) is 11.7 Å². The molecule has 1 N–H and O–H groups in total. The lowest BCUT2D eigenvalue weighted by Gasteiger charge is -2.22. The highest BCUT2D eigenvalue weighted by molar-refractivity contribution is 5.81. The van der Waals surface area contributed by atoms with Crippen molar-refractivity contribution in [2.24, 2.45) is 0 Å². The second-order valence-corrected chi connectivity index (χ2v) is 4.75. The van der Waals surface area contributed by atoms with Crippen molar-refractivity contribution < 1.29 is 9.18 Å². The van der Waals surface area contributed by atoms with E-state index in [0.29, 0.717) is 13.1 Å². The van der Waals surface area contributed by atoms with Crippen molar-refractivity contribution in [1.29, 1.82) is 0 Å². The van der Waals surface area contributed by atoms with Crippen molar-refractivity contribution in [2.75, 3.05) is 18.0 Å². The predicted octanol–water partition coefficient (Wildman–Crippen LogP) is 2.97. The van der Waals surface area contributed by atoms with Gasteiger partial charge in [-0.2, -0.15) is 0 Å². The molecule has 0 unspecified atom stereocenters. The summed E-state index contributed by atoms with van der Waals surface area (Å²) in [7, 11) is 0. The highest BCUT2D eigenvalue weighted by Crippen LogP contribution is 2.12. The van der Waals surface area contributed by atoms with Crippen LogP contribution in [0.1, 0.15) is 12.5 Å². The molecular weight excluding hydrogens is 267 g/mol. The fraction of sp³-hybridized carbons (Fsp3) is 0.235. The molecule has 0 heterocycles. The number of rotatable bonds is 6. The number of nitrogens with one attached hydrogen (secondary N) is 1. The first-order valence-electron chi connectivity index (χ1n) is 7.00. The van der Waals surface area contributed by atoms with Gasteiger partial charge in [-0.3, -0.25) is 4.79 Å². The van der Waals surface area contributed by atoms with E-state index in [4.69, 9.17) is 0 Å². The molecular formula is C17H19FN2O. The first-order valence-corrected chi connectivity index (χ1v) is 7.00. The van der Waals surface area contributed by atoms with Gasteiger partial charge in [0.25, 0.3) is 0 Å². The van der Waals surface area contributed by atoms with E-state index in [0.717, 1.165) is 17.8 Å². The number of hydrogen-bond acceptors (Lipinski definition) is 2. The van der Waals surface area contributed by atoms with Crippen LogP contribution in [0, 0.1) is 5.82 Å². The highest BCUT2D eigenvalue weighted by atomic mass is 19.1. The van der Waals surface area contributed by atoms with E-state index in [2.05, 4.69) is 5.32 Å². The Bertz CT molecular complexity index is 569. The lowest BCUT2D eigenvalue weighted by atomic mass is 10.2. The summed E-state index contributed by atoms with van der Waals surface area (Å²) in [5.41, 5.74) is 1.91. The second-order valence-electron chi connectivity index (χ2n) is 4.75. The van der Waals surface area contributed by atoms with E-state index in [1.165, 1.54) is 12.1 Å². The number of carbonyl (C=O) groups excluding carboxylic acids is 1. The van der Waals surface area contributed by atoms with Crippen LogP contribution in [0.2, 0.25) is 0 Å². The van der Waals surface area contributed by atoms with Gasteiger partial charge < -0.3 is 10.2 Å². The molecule has 0 atom stereocenters. The number of carbonyl (C=O) groups is 1. The average molecular weight is 286 g/mol. The Hall–Kier alpha value is -2.36. The van der Waals surface area contributed by atoms with Crippen molar-refractivity contribution in [3.63, 3.8) is 0 Å². The molecule has 4 heteroatoms. The van der Waals surface area contributed by atoms with Crippen LogP contribution in [0.5, 0.6) is 0 Å². The average Bonchev–Trinajstić information content (AvgIpc) is 2.53. The normalized spacial score (nSPS) is 10.2. The third-order valence-corrected chi connectivity index (χ3v) is 3.24. The Labute approximate surface area is 124 Å². The zero-order valence-electron chi connectivity index (χ0n) is 12.1. The van der Waals surface area contributed by atoms with Crippen LogP contribution in [0.15, 0.2) is 54.6 Å². The Morgan fingerprint density at radius 2 is 1.76 bits per heavy atom. The number of para-hydroxylation sites is 1. The number of anilines is 1. The molecule has 0 aliphatic rings. The summed E-state index contributed by atoms with van der Waals surface area (Å²) in [6.45, 7) is 3.49. The molecule has 0 bridgehead atoms. The third kappa shape index (κ3) is 4.60. The summed E-state index contributed by atoms with van der Waals surface area (Å²) in [5, 5.41) is 2.85. The van der Waals surface area contributed by atoms with E-state index in [1.54, 1.807) is 12.1 Å². The van der Waals surface area contributed by atoms with Gasteiger partial charge in [-0.1, -0.05) is 30.3 Å². The first kappa shape index (κ1) is 15.0. The number of amides is 1. The van der Waals surface area contributed by atoms with Crippen molar-refractivity contribution in [3.05, 3.63) is 66.0 Å². The summed E-state index contributed by atoms with van der Waals surface area (Å²) in [4.78, 5) is 14.0. The van der Waals surface area contributed by atoms with Crippen LogP contribution < -0.4 is 10.2 Å². The lowest BCUT2D eigenvalue weighted by molar-refractivity contribution is -0.119. The molecule has 1 amide bonds. The predicted molar refractivity (Wildman–Crippen MR) is 82.6 cm³/mol. The molecule has 21 heavy (non-hydrogen) atoms. The molecule has 2 aromatic rings. The highest BCUT2D eigenvalue weighted by Gasteiger charge is 2.09. The van der Waals surface area contributed by atoms with E-state index in [9.17, 15) is 9.18 Å². The maximum Gasteiger partial charge on any atom is 0.239 e. The van der Waals surface area contributed by atoms with Gasteiger partial charge in [-0.25, -0.2) is 4.39 Å². The Morgan fingerprint density at radius 3 is 2.38 bits per heavy atom. The molecule has 0 saturated heterocycles. The largest absolute Gasteiger partial charge is 0.363 e. The maximum absolute atomic E-state index is 12.8. The minimum Gasteiger partial charge on any atom is -0.363 e. The molecule has 2 aromatic carbocycles. The van der Waals surface area contributed by atoms with Crippen LogP contribution in [0.25, 0.3) is 0 Å². The molecule has 0 radical (unpaired) electrons. The van der Waals surface area contributed by atoms with Crippen molar-refractivity contribution >= 4 is 11.6 Å².